The summed E-state index contributed by atoms with van der Waals surface area (Å²) in [5.41, 5.74) is 1.96. The van der Waals surface area contributed by atoms with Crippen molar-refractivity contribution in [3.8, 4) is 0 Å². The van der Waals surface area contributed by atoms with E-state index in [1.165, 1.54) is 20.0 Å². The maximum atomic E-state index is 14.3. The fourth-order valence-corrected chi connectivity index (χ4v) is 4.52. The first-order valence-corrected chi connectivity index (χ1v) is 11.7. The third kappa shape index (κ3) is 4.48. The Kier molecular flexibility index (Phi) is 6.56. The molecular formula is C23H29ClF2N6O2. The van der Waals surface area contributed by atoms with Gasteiger partial charge in [0.1, 0.15) is 5.02 Å². The van der Waals surface area contributed by atoms with Crippen molar-refractivity contribution < 1.29 is 13.9 Å². The Balaban J connectivity index is 1.63. The number of alkyl halides is 2. The highest BCUT2D eigenvalue weighted by atomic mass is 35.5. The normalized spacial score (nSPS) is 21.1. The minimum absolute atomic E-state index is 0.143. The van der Waals surface area contributed by atoms with Gasteiger partial charge in [0, 0.05) is 44.2 Å². The minimum Gasteiger partial charge on any atom is -0.393 e. The van der Waals surface area contributed by atoms with Gasteiger partial charge in [-0.15, -0.1) is 0 Å². The van der Waals surface area contributed by atoms with Crippen molar-refractivity contribution in [2.45, 2.75) is 45.8 Å². The third-order valence-electron chi connectivity index (χ3n) is 6.50. The maximum Gasteiger partial charge on any atom is 0.328 e. The fraction of sp³-hybridized carbons (Fsp3) is 0.522. The average molecular weight is 495 g/mol. The molecule has 184 valence electrons. The van der Waals surface area contributed by atoms with Gasteiger partial charge in [-0.1, -0.05) is 25.4 Å². The van der Waals surface area contributed by atoms with E-state index in [4.69, 9.17) is 11.6 Å². The van der Waals surface area contributed by atoms with Crippen molar-refractivity contribution in [1.29, 1.82) is 0 Å². The van der Waals surface area contributed by atoms with Crippen LogP contribution in [0.5, 0.6) is 0 Å². The lowest BCUT2D eigenvalue weighted by Crippen LogP contribution is -2.52. The van der Waals surface area contributed by atoms with Crippen LogP contribution in [-0.2, 0) is 13.6 Å². The van der Waals surface area contributed by atoms with E-state index in [2.05, 4.69) is 15.3 Å². The van der Waals surface area contributed by atoms with E-state index in [1.54, 1.807) is 28.0 Å². The molecule has 0 spiro atoms. The number of nitrogens with zero attached hydrogens (tertiary/aromatic N) is 5. The first kappa shape index (κ1) is 24.4. The third-order valence-corrected chi connectivity index (χ3v) is 6.77. The number of anilines is 3. The molecule has 1 aromatic carbocycles. The molecule has 0 saturated carbocycles. The number of aromatic nitrogens is 4. The summed E-state index contributed by atoms with van der Waals surface area (Å²) in [5.74, 6) is -3.72. The Hall–Kier alpha value is -2.72. The molecule has 3 atom stereocenters. The molecule has 2 aromatic heterocycles. The number of nitrogens with one attached hydrogen (secondary N) is 1. The molecule has 8 nitrogen and oxygen atoms in total. The minimum atomic E-state index is -2.74. The van der Waals surface area contributed by atoms with Crippen LogP contribution in [0.15, 0.2) is 29.2 Å². The summed E-state index contributed by atoms with van der Waals surface area (Å²) in [6.07, 6.45) is 1.37. The van der Waals surface area contributed by atoms with E-state index in [9.17, 15) is 18.7 Å². The second-order valence-corrected chi connectivity index (χ2v) is 9.61. The summed E-state index contributed by atoms with van der Waals surface area (Å²) in [6.45, 7) is 5.41. The zero-order valence-corrected chi connectivity index (χ0v) is 20.4. The molecule has 1 aliphatic rings. The van der Waals surface area contributed by atoms with Crippen molar-refractivity contribution >= 4 is 40.1 Å². The molecular weight excluding hydrogens is 466 g/mol. The molecule has 2 N–H and O–H groups in total. The van der Waals surface area contributed by atoms with Gasteiger partial charge in [-0.2, -0.15) is 4.98 Å². The molecule has 1 aliphatic heterocycles. The van der Waals surface area contributed by atoms with Crippen molar-refractivity contribution in [2.75, 3.05) is 23.3 Å². The van der Waals surface area contributed by atoms with Gasteiger partial charge in [-0.3, -0.25) is 9.13 Å². The Morgan fingerprint density at radius 3 is 2.59 bits per heavy atom. The van der Waals surface area contributed by atoms with Crippen LogP contribution in [0.25, 0.3) is 11.0 Å². The smallest absolute Gasteiger partial charge is 0.328 e. The standard InChI is InChI=1S/C23H29ClF2N6O2/c1-13-11-31(12-14(2)23(13,25)26)21-27-10-17(24)20(29-21)28-16-5-6-18-19(9-16)32(8-7-15(3)33)22(34)30(18)4/h5-6,9-10,13-15,33H,7-8,11-12H2,1-4H3,(H,27,28,29)/t13-,14+,15-/m1/s1. The second kappa shape index (κ2) is 9.14. The quantitative estimate of drug-likeness (QED) is 0.538. The van der Waals surface area contributed by atoms with Crippen LogP contribution in [0.3, 0.4) is 0 Å². The molecule has 1 fully saturated rings. The summed E-state index contributed by atoms with van der Waals surface area (Å²) < 4.78 is 31.7. The van der Waals surface area contributed by atoms with Gasteiger partial charge in [0.05, 0.1) is 23.3 Å². The van der Waals surface area contributed by atoms with Crippen LogP contribution >= 0.6 is 11.6 Å². The van der Waals surface area contributed by atoms with Gasteiger partial charge in [-0.05, 0) is 31.5 Å². The molecule has 3 heterocycles. The first-order valence-electron chi connectivity index (χ1n) is 11.3. The largest absolute Gasteiger partial charge is 0.393 e. The molecule has 0 unspecified atom stereocenters. The van der Waals surface area contributed by atoms with E-state index >= 15 is 0 Å². The van der Waals surface area contributed by atoms with Crippen LogP contribution in [0, 0.1) is 11.8 Å². The SMILES string of the molecule is C[C@@H]1CN(c2ncc(Cl)c(Nc3ccc4c(c3)n(CC[C@@H](C)O)c(=O)n4C)n2)C[C@H](C)C1(F)F. The summed E-state index contributed by atoms with van der Waals surface area (Å²) in [5, 5.41) is 13.1. The van der Waals surface area contributed by atoms with Gasteiger partial charge in [0.2, 0.25) is 5.95 Å². The molecule has 0 bridgehead atoms. The summed E-state index contributed by atoms with van der Waals surface area (Å²) in [7, 11) is 1.70. The molecule has 1 saturated heterocycles. The highest BCUT2D eigenvalue weighted by Crippen LogP contribution is 2.38. The van der Waals surface area contributed by atoms with Crippen LogP contribution in [0.2, 0.25) is 5.02 Å². The number of aliphatic hydroxyl groups excluding tert-OH is 1. The van der Waals surface area contributed by atoms with Crippen LogP contribution < -0.4 is 15.9 Å². The predicted octanol–water partition coefficient (Wildman–Crippen LogP) is 4.03. The Morgan fingerprint density at radius 1 is 1.26 bits per heavy atom. The molecule has 4 rings (SSSR count). The van der Waals surface area contributed by atoms with Crippen molar-refractivity contribution in [2.24, 2.45) is 18.9 Å². The number of piperidine rings is 1. The van der Waals surface area contributed by atoms with E-state index in [0.29, 0.717) is 35.9 Å². The van der Waals surface area contributed by atoms with Gasteiger partial charge in [0.15, 0.2) is 5.82 Å². The number of benzene rings is 1. The predicted molar refractivity (Wildman–Crippen MR) is 129 cm³/mol. The van der Waals surface area contributed by atoms with Gasteiger partial charge in [0.25, 0.3) is 5.92 Å². The molecule has 0 radical (unpaired) electrons. The van der Waals surface area contributed by atoms with E-state index in [0.717, 1.165) is 5.52 Å². The van der Waals surface area contributed by atoms with Crippen LogP contribution in [0.1, 0.15) is 27.2 Å². The number of hydrogen-bond donors (Lipinski definition) is 2. The van der Waals surface area contributed by atoms with Crippen LogP contribution in [0.4, 0.5) is 26.2 Å². The number of imidazole rings is 1. The van der Waals surface area contributed by atoms with Gasteiger partial charge in [-0.25, -0.2) is 18.6 Å². The number of hydrogen-bond acceptors (Lipinski definition) is 6. The highest BCUT2D eigenvalue weighted by Gasteiger charge is 2.47. The van der Waals surface area contributed by atoms with E-state index in [1.807, 2.05) is 18.2 Å². The van der Waals surface area contributed by atoms with Gasteiger partial charge < -0.3 is 15.3 Å². The Labute approximate surface area is 201 Å². The molecule has 0 aliphatic carbocycles. The number of halogens is 3. The fourth-order valence-electron chi connectivity index (χ4n) is 4.38. The monoisotopic (exact) mass is 494 g/mol. The summed E-state index contributed by atoms with van der Waals surface area (Å²) in [4.78, 5) is 23.2. The molecule has 34 heavy (non-hydrogen) atoms. The topological polar surface area (TPSA) is 88.2 Å². The number of rotatable bonds is 6. The van der Waals surface area contributed by atoms with E-state index in [-0.39, 0.29) is 23.8 Å². The van der Waals surface area contributed by atoms with Gasteiger partial charge >= 0.3 is 5.69 Å². The lowest BCUT2D eigenvalue weighted by Gasteiger charge is -2.41. The van der Waals surface area contributed by atoms with Crippen LogP contribution in [-0.4, -0.2) is 49.3 Å². The first-order chi connectivity index (χ1) is 16.0. The zero-order chi connectivity index (χ0) is 24.8. The number of aryl methyl sites for hydroxylation is 2. The lowest BCUT2D eigenvalue weighted by molar-refractivity contribution is -0.105. The van der Waals surface area contributed by atoms with Crippen molar-refractivity contribution in [3.63, 3.8) is 0 Å². The summed E-state index contributed by atoms with van der Waals surface area (Å²) >= 11 is 6.34. The van der Waals surface area contributed by atoms with Crippen molar-refractivity contribution in [1.82, 2.24) is 19.1 Å². The number of fused-ring (bicyclic) bond motifs is 1. The average Bonchev–Trinajstić information content (AvgIpc) is 3.01. The second-order valence-electron chi connectivity index (χ2n) is 9.21. The highest BCUT2D eigenvalue weighted by molar-refractivity contribution is 6.32. The maximum absolute atomic E-state index is 14.3. The zero-order valence-electron chi connectivity index (χ0n) is 19.6. The van der Waals surface area contributed by atoms with Crippen molar-refractivity contribution in [3.05, 3.63) is 39.9 Å². The molecule has 3 aromatic rings. The molecule has 0 amide bonds. The Bertz CT molecular complexity index is 1240. The Morgan fingerprint density at radius 2 is 1.94 bits per heavy atom. The lowest BCUT2D eigenvalue weighted by atomic mass is 9.87. The molecule has 11 heteroatoms. The van der Waals surface area contributed by atoms with E-state index < -0.39 is 23.9 Å². The summed E-state index contributed by atoms with van der Waals surface area (Å²) in [6, 6.07) is 5.46. The number of aliphatic hydroxyl groups is 1.